The van der Waals surface area contributed by atoms with Crippen LogP contribution in [-0.4, -0.2) is 22.8 Å². The second kappa shape index (κ2) is 9.03. The highest BCUT2D eigenvalue weighted by Crippen LogP contribution is 2.35. The summed E-state index contributed by atoms with van der Waals surface area (Å²) in [6.45, 7) is 0.256. The number of methoxy groups -OCH3 is 1. The Bertz CT molecular complexity index is 1110. The summed E-state index contributed by atoms with van der Waals surface area (Å²) >= 11 is 0. The van der Waals surface area contributed by atoms with E-state index in [1.165, 1.54) is 7.11 Å². The van der Waals surface area contributed by atoms with Gasteiger partial charge in [-0.2, -0.15) is 31.4 Å². The molecule has 0 bridgehead atoms. The predicted octanol–water partition coefficient (Wildman–Crippen LogP) is 4.99. The summed E-state index contributed by atoms with van der Waals surface area (Å²) in [4.78, 5) is 12.5. The van der Waals surface area contributed by atoms with E-state index in [2.05, 4.69) is 10.4 Å². The van der Waals surface area contributed by atoms with Gasteiger partial charge in [0.05, 0.1) is 29.6 Å². The number of hydrogen-bond acceptors (Lipinski definition) is 3. The zero-order valence-corrected chi connectivity index (χ0v) is 16.6. The zero-order valence-electron chi connectivity index (χ0n) is 16.6. The number of carbonyl (C=O) groups excluding carboxylic acids is 1. The minimum absolute atomic E-state index is 0.0670. The first-order chi connectivity index (χ1) is 15.0. The van der Waals surface area contributed by atoms with E-state index in [0.717, 1.165) is 23.8 Å². The number of hydrogen-bond donors (Lipinski definition) is 1. The van der Waals surface area contributed by atoms with Gasteiger partial charge in [0.1, 0.15) is 0 Å². The summed E-state index contributed by atoms with van der Waals surface area (Å²) in [5.74, 6) is -1.06. The molecule has 1 aromatic heterocycles. The number of aromatic nitrogens is 2. The number of halogens is 6. The first-order valence-electron chi connectivity index (χ1n) is 9.18. The van der Waals surface area contributed by atoms with Gasteiger partial charge in [0, 0.05) is 13.7 Å². The van der Waals surface area contributed by atoms with Gasteiger partial charge in [-0.15, -0.1) is 0 Å². The van der Waals surface area contributed by atoms with Crippen LogP contribution in [0.25, 0.3) is 5.69 Å². The zero-order chi connectivity index (χ0) is 23.5. The molecule has 0 saturated heterocycles. The van der Waals surface area contributed by atoms with Gasteiger partial charge >= 0.3 is 12.4 Å². The van der Waals surface area contributed by atoms with Crippen molar-refractivity contribution in [1.29, 1.82) is 0 Å². The van der Waals surface area contributed by atoms with Crippen LogP contribution in [0.3, 0.4) is 0 Å². The van der Waals surface area contributed by atoms with Crippen molar-refractivity contribution in [2.45, 2.75) is 25.5 Å². The van der Waals surface area contributed by atoms with Crippen LogP contribution >= 0.6 is 0 Å². The molecule has 1 amide bonds. The van der Waals surface area contributed by atoms with Crippen molar-refractivity contribution in [3.05, 3.63) is 82.7 Å². The molecule has 0 aliphatic heterocycles. The second-order valence-corrected chi connectivity index (χ2v) is 6.80. The van der Waals surface area contributed by atoms with Crippen molar-refractivity contribution < 1.29 is 35.9 Å². The molecule has 0 saturated carbocycles. The third-order valence-corrected chi connectivity index (χ3v) is 4.46. The summed E-state index contributed by atoms with van der Waals surface area (Å²) in [7, 11) is 1.51. The van der Waals surface area contributed by atoms with Gasteiger partial charge < -0.3 is 10.1 Å². The molecule has 11 heteroatoms. The minimum atomic E-state index is -5.05. The molecule has 170 valence electrons. The summed E-state index contributed by atoms with van der Waals surface area (Å²) < 4.78 is 85.4. The Kier molecular flexibility index (Phi) is 6.58. The van der Waals surface area contributed by atoms with E-state index >= 15 is 0 Å². The molecule has 0 spiro atoms. The third-order valence-electron chi connectivity index (χ3n) is 4.46. The Morgan fingerprint density at radius 3 is 2.34 bits per heavy atom. The fourth-order valence-electron chi connectivity index (χ4n) is 3.07. The van der Waals surface area contributed by atoms with Crippen molar-refractivity contribution in [2.24, 2.45) is 0 Å². The van der Waals surface area contributed by atoms with Gasteiger partial charge in [-0.05, 0) is 29.3 Å². The predicted molar refractivity (Wildman–Crippen MR) is 102 cm³/mol. The Labute approximate surface area is 178 Å². The van der Waals surface area contributed by atoms with Crippen LogP contribution in [-0.2, 0) is 30.2 Å². The molecule has 0 fully saturated rings. The fourth-order valence-corrected chi connectivity index (χ4v) is 3.07. The van der Waals surface area contributed by atoms with E-state index in [4.69, 9.17) is 4.74 Å². The standard InChI is InChI=1S/C21H17F6N3O2/c1-32-12-14-5-2-4-13(8-14)10-28-19(31)17-11-29-30(18(17)21(25,26)27)16-7-3-6-15(9-16)20(22,23)24/h2-9,11H,10,12H2,1H3,(H,28,31). The molecular weight excluding hydrogens is 440 g/mol. The number of nitrogens with zero attached hydrogens (tertiary/aromatic N) is 2. The summed E-state index contributed by atoms with van der Waals surface area (Å²) in [6, 6.07) is 10.2. The number of ether oxygens (including phenoxy) is 1. The van der Waals surface area contributed by atoms with E-state index in [9.17, 15) is 31.1 Å². The molecule has 0 aliphatic rings. The Balaban J connectivity index is 1.91. The van der Waals surface area contributed by atoms with Crippen LogP contribution < -0.4 is 5.32 Å². The van der Waals surface area contributed by atoms with Gasteiger partial charge in [0.2, 0.25) is 0 Å². The second-order valence-electron chi connectivity index (χ2n) is 6.80. The van der Waals surface area contributed by atoms with Crippen molar-refractivity contribution in [3.63, 3.8) is 0 Å². The number of amides is 1. The molecule has 32 heavy (non-hydrogen) atoms. The van der Waals surface area contributed by atoms with Gasteiger partial charge in [0.15, 0.2) is 5.69 Å². The fraction of sp³-hybridized carbons (Fsp3) is 0.238. The lowest BCUT2D eigenvalue weighted by Gasteiger charge is -2.14. The SMILES string of the molecule is COCc1cccc(CNC(=O)c2cnn(-c3cccc(C(F)(F)F)c3)c2C(F)(F)F)c1. The monoisotopic (exact) mass is 457 g/mol. The third kappa shape index (κ3) is 5.28. The van der Waals surface area contributed by atoms with Crippen LogP contribution in [0.15, 0.2) is 54.7 Å². The van der Waals surface area contributed by atoms with Crippen molar-refractivity contribution in [1.82, 2.24) is 15.1 Å². The molecule has 0 atom stereocenters. The van der Waals surface area contributed by atoms with Gasteiger partial charge in [0.25, 0.3) is 5.91 Å². The molecular formula is C21H17F6N3O2. The topological polar surface area (TPSA) is 56.1 Å². The van der Waals surface area contributed by atoms with E-state index < -0.39 is 40.8 Å². The maximum absolute atomic E-state index is 13.7. The molecule has 2 aromatic carbocycles. The maximum atomic E-state index is 13.7. The molecule has 3 rings (SSSR count). The maximum Gasteiger partial charge on any atom is 0.434 e. The lowest BCUT2D eigenvalue weighted by molar-refractivity contribution is -0.143. The molecule has 1 N–H and O–H groups in total. The Morgan fingerprint density at radius 1 is 1.00 bits per heavy atom. The number of nitrogens with one attached hydrogen (secondary N) is 1. The van der Waals surface area contributed by atoms with Crippen molar-refractivity contribution in [3.8, 4) is 5.69 Å². The van der Waals surface area contributed by atoms with E-state index in [-0.39, 0.29) is 11.2 Å². The smallest absolute Gasteiger partial charge is 0.380 e. The van der Waals surface area contributed by atoms with Gasteiger partial charge in [-0.25, -0.2) is 4.68 Å². The van der Waals surface area contributed by atoms with Gasteiger partial charge in [-0.3, -0.25) is 4.79 Å². The minimum Gasteiger partial charge on any atom is -0.380 e. The molecule has 5 nitrogen and oxygen atoms in total. The normalized spacial score (nSPS) is 12.1. The molecule has 0 unspecified atom stereocenters. The summed E-state index contributed by atoms with van der Waals surface area (Å²) in [5, 5.41) is 5.93. The lowest BCUT2D eigenvalue weighted by Crippen LogP contribution is -2.26. The van der Waals surface area contributed by atoms with Crippen molar-refractivity contribution in [2.75, 3.05) is 7.11 Å². The van der Waals surface area contributed by atoms with Crippen molar-refractivity contribution >= 4 is 5.91 Å². The van der Waals surface area contributed by atoms with Crippen LogP contribution in [0.2, 0.25) is 0 Å². The number of alkyl halides is 6. The first-order valence-corrected chi connectivity index (χ1v) is 9.18. The first kappa shape index (κ1) is 23.3. The molecule has 0 aliphatic carbocycles. The van der Waals surface area contributed by atoms with E-state index in [1.807, 2.05) is 0 Å². The average molecular weight is 457 g/mol. The van der Waals surface area contributed by atoms with Crippen LogP contribution in [0.5, 0.6) is 0 Å². The largest absolute Gasteiger partial charge is 0.434 e. The average Bonchev–Trinajstić information content (AvgIpc) is 3.18. The molecule has 1 heterocycles. The lowest BCUT2D eigenvalue weighted by atomic mass is 10.1. The highest BCUT2D eigenvalue weighted by molar-refractivity contribution is 5.95. The Hall–Kier alpha value is -3.34. The van der Waals surface area contributed by atoms with Crippen LogP contribution in [0, 0.1) is 0 Å². The highest BCUT2D eigenvalue weighted by atomic mass is 19.4. The summed E-state index contributed by atoms with van der Waals surface area (Å²) in [6.07, 6.45) is -9.12. The van der Waals surface area contributed by atoms with Crippen LogP contribution in [0.4, 0.5) is 26.3 Å². The Morgan fingerprint density at radius 2 is 1.69 bits per heavy atom. The van der Waals surface area contributed by atoms with Gasteiger partial charge in [-0.1, -0.05) is 30.3 Å². The number of rotatable bonds is 6. The number of carbonyl (C=O) groups is 1. The number of benzene rings is 2. The molecule has 0 radical (unpaired) electrons. The quantitative estimate of drug-likeness (QED) is 0.531. The van der Waals surface area contributed by atoms with E-state index in [0.29, 0.717) is 24.4 Å². The highest BCUT2D eigenvalue weighted by Gasteiger charge is 2.41. The summed E-state index contributed by atoms with van der Waals surface area (Å²) in [5.41, 5.74) is -2.44. The van der Waals surface area contributed by atoms with Crippen LogP contribution in [0.1, 0.15) is 32.7 Å². The molecule has 3 aromatic rings. The van der Waals surface area contributed by atoms with E-state index in [1.54, 1.807) is 24.3 Å².